The first-order chi connectivity index (χ1) is 20.1. The van der Waals surface area contributed by atoms with Gasteiger partial charge in [-0.2, -0.15) is 0 Å². The Balaban J connectivity index is 1.52. The van der Waals surface area contributed by atoms with Crippen LogP contribution in [0.15, 0.2) is 54.9 Å². The number of aromatic nitrogens is 1. The highest BCUT2D eigenvalue weighted by atomic mass is 16.2. The number of rotatable bonds is 23. The lowest BCUT2D eigenvalue weighted by Crippen LogP contribution is -2.40. The number of pyridine rings is 1. The van der Waals surface area contributed by atoms with E-state index in [1.165, 1.54) is 32.1 Å². The first-order valence-electron chi connectivity index (χ1n) is 15.9. The minimum Gasteiger partial charge on any atom is -0.354 e. The molecule has 0 saturated carbocycles. The van der Waals surface area contributed by atoms with Crippen molar-refractivity contribution < 1.29 is 14.4 Å². The Morgan fingerprint density at radius 2 is 1.22 bits per heavy atom. The second-order valence-corrected chi connectivity index (χ2v) is 10.9. The van der Waals surface area contributed by atoms with Gasteiger partial charge in [0.1, 0.15) is 6.04 Å². The molecule has 7 heteroatoms. The summed E-state index contributed by atoms with van der Waals surface area (Å²) in [6.45, 7) is 3.37. The third-order valence-corrected chi connectivity index (χ3v) is 7.33. The van der Waals surface area contributed by atoms with Gasteiger partial charge in [0, 0.05) is 38.3 Å². The summed E-state index contributed by atoms with van der Waals surface area (Å²) >= 11 is 0. The van der Waals surface area contributed by atoms with Crippen LogP contribution < -0.4 is 16.0 Å². The molecule has 41 heavy (non-hydrogen) atoms. The highest BCUT2D eigenvalue weighted by Crippen LogP contribution is 2.15. The van der Waals surface area contributed by atoms with E-state index in [4.69, 9.17) is 0 Å². The highest BCUT2D eigenvalue weighted by molar-refractivity contribution is 5.88. The molecule has 0 radical (unpaired) electrons. The molecule has 3 amide bonds. The molecule has 226 valence electrons. The Morgan fingerprint density at radius 3 is 1.85 bits per heavy atom. The molecule has 7 nitrogen and oxygen atoms in total. The van der Waals surface area contributed by atoms with Crippen molar-refractivity contribution in [3.8, 4) is 0 Å². The zero-order valence-corrected chi connectivity index (χ0v) is 25.2. The van der Waals surface area contributed by atoms with Gasteiger partial charge in [-0.3, -0.25) is 19.4 Å². The topological polar surface area (TPSA) is 100 Å². The zero-order valence-electron chi connectivity index (χ0n) is 25.2. The lowest BCUT2D eigenvalue weighted by Gasteiger charge is -2.19. The second-order valence-electron chi connectivity index (χ2n) is 10.9. The molecule has 3 N–H and O–H groups in total. The number of nitrogens with one attached hydrogen (secondary N) is 3. The van der Waals surface area contributed by atoms with Gasteiger partial charge in [-0.25, -0.2) is 0 Å². The molecule has 0 aliphatic rings. The van der Waals surface area contributed by atoms with Gasteiger partial charge in [0.2, 0.25) is 17.7 Å². The molecule has 1 aromatic carbocycles. The summed E-state index contributed by atoms with van der Waals surface area (Å²) in [7, 11) is 0. The van der Waals surface area contributed by atoms with Crippen molar-refractivity contribution in [2.45, 2.75) is 122 Å². The average Bonchev–Trinajstić information content (AvgIpc) is 3.00. The molecule has 0 fully saturated rings. The van der Waals surface area contributed by atoms with Crippen LogP contribution in [-0.2, 0) is 20.9 Å². The molecule has 2 rings (SSSR count). The zero-order chi connectivity index (χ0) is 29.4. The lowest BCUT2D eigenvalue weighted by atomic mass is 10.0. The molecule has 1 unspecified atom stereocenters. The van der Waals surface area contributed by atoms with Crippen LogP contribution in [0.25, 0.3) is 0 Å². The normalized spacial score (nSPS) is 11.5. The molecule has 1 heterocycles. The van der Waals surface area contributed by atoms with Crippen LogP contribution >= 0.6 is 0 Å². The minimum atomic E-state index is -0.651. The van der Waals surface area contributed by atoms with Crippen molar-refractivity contribution in [2.75, 3.05) is 6.54 Å². The monoisotopic (exact) mass is 564 g/mol. The van der Waals surface area contributed by atoms with Gasteiger partial charge in [-0.1, -0.05) is 108 Å². The van der Waals surface area contributed by atoms with Crippen molar-refractivity contribution in [2.24, 2.45) is 0 Å². The Bertz CT molecular complexity index is 968. The van der Waals surface area contributed by atoms with E-state index in [0.29, 0.717) is 25.9 Å². The predicted molar refractivity (Wildman–Crippen MR) is 166 cm³/mol. The van der Waals surface area contributed by atoms with E-state index in [1.807, 2.05) is 42.5 Å². The summed E-state index contributed by atoms with van der Waals surface area (Å²) in [5, 5.41) is 8.96. The van der Waals surface area contributed by atoms with Gasteiger partial charge in [0.15, 0.2) is 0 Å². The van der Waals surface area contributed by atoms with Gasteiger partial charge in [0.05, 0.1) is 0 Å². The Labute approximate surface area is 247 Å². The fourth-order valence-corrected chi connectivity index (χ4v) is 4.82. The quantitative estimate of drug-likeness (QED) is 0.127. The Morgan fingerprint density at radius 1 is 0.659 bits per heavy atom. The largest absolute Gasteiger partial charge is 0.354 e. The third-order valence-electron chi connectivity index (χ3n) is 7.33. The first-order valence-corrected chi connectivity index (χ1v) is 15.9. The van der Waals surface area contributed by atoms with Crippen molar-refractivity contribution in [3.63, 3.8) is 0 Å². The van der Waals surface area contributed by atoms with Crippen molar-refractivity contribution >= 4 is 17.7 Å². The van der Waals surface area contributed by atoms with Crippen molar-refractivity contribution in [3.05, 3.63) is 66.0 Å². The fraction of sp³-hybridized carbons (Fsp3) is 0.588. The van der Waals surface area contributed by atoms with Crippen molar-refractivity contribution in [1.82, 2.24) is 20.9 Å². The van der Waals surface area contributed by atoms with Gasteiger partial charge in [-0.05, 0) is 42.5 Å². The molecule has 0 bridgehead atoms. The van der Waals surface area contributed by atoms with Gasteiger partial charge < -0.3 is 16.0 Å². The number of nitrogens with zero attached hydrogens (tertiary/aromatic N) is 1. The average molecular weight is 565 g/mol. The lowest BCUT2D eigenvalue weighted by molar-refractivity contribution is -0.129. The van der Waals surface area contributed by atoms with Crippen LogP contribution in [0, 0.1) is 0 Å². The van der Waals surface area contributed by atoms with Crippen LogP contribution in [0.1, 0.15) is 127 Å². The van der Waals surface area contributed by atoms with E-state index >= 15 is 0 Å². The number of carbonyl (C=O) groups is 3. The Kier molecular flexibility index (Phi) is 18.6. The van der Waals surface area contributed by atoms with E-state index in [-0.39, 0.29) is 17.7 Å². The number of benzene rings is 1. The summed E-state index contributed by atoms with van der Waals surface area (Å²) in [5.74, 6) is -0.0943. The molecule has 1 aromatic heterocycles. The van der Waals surface area contributed by atoms with E-state index < -0.39 is 6.04 Å². The molecular formula is C34H52N4O3. The number of hydrogen-bond acceptors (Lipinski definition) is 4. The summed E-state index contributed by atoms with van der Waals surface area (Å²) in [6, 6.07) is 12.7. The SMILES string of the molecule is CCCCCCCCC(=O)NC(C(=O)NCCCCCCCCCCC(=O)NCc1ccncc1)c1ccccc1. The number of carbonyl (C=O) groups excluding carboxylic acids is 3. The third kappa shape index (κ3) is 16.6. The molecule has 0 saturated heterocycles. The second kappa shape index (κ2) is 22.5. The molecule has 1 atom stereocenters. The highest BCUT2D eigenvalue weighted by Gasteiger charge is 2.22. The van der Waals surface area contributed by atoms with Gasteiger partial charge in [0.25, 0.3) is 0 Å². The molecule has 0 aliphatic heterocycles. The van der Waals surface area contributed by atoms with Crippen LogP contribution in [0.2, 0.25) is 0 Å². The standard InChI is InChI=1S/C34H52N4O3/c1-2-3-4-5-10-17-22-32(40)38-33(30-19-14-13-15-20-30)34(41)36-25-18-12-9-7-6-8-11-16-21-31(39)37-28-29-23-26-35-27-24-29/h13-15,19-20,23-24,26-27,33H,2-12,16-18,21-22,25,28H2,1H3,(H,36,41)(H,37,39)(H,38,40). The summed E-state index contributed by atoms with van der Waals surface area (Å²) < 4.78 is 0. The van der Waals surface area contributed by atoms with Gasteiger partial charge in [-0.15, -0.1) is 0 Å². The summed E-state index contributed by atoms with van der Waals surface area (Å²) in [6.07, 6.45) is 19.9. The predicted octanol–water partition coefficient (Wildman–Crippen LogP) is 6.93. The molecule has 0 spiro atoms. The first kappa shape index (κ1) is 34.0. The van der Waals surface area contributed by atoms with Crippen LogP contribution in [0.3, 0.4) is 0 Å². The van der Waals surface area contributed by atoms with E-state index in [9.17, 15) is 14.4 Å². The molecule has 0 aliphatic carbocycles. The molecule has 2 aromatic rings. The maximum Gasteiger partial charge on any atom is 0.247 e. The maximum atomic E-state index is 13.0. The van der Waals surface area contributed by atoms with Crippen molar-refractivity contribution in [1.29, 1.82) is 0 Å². The summed E-state index contributed by atoms with van der Waals surface area (Å²) in [5.41, 5.74) is 1.88. The number of unbranched alkanes of at least 4 members (excludes halogenated alkanes) is 12. The van der Waals surface area contributed by atoms with Crippen LogP contribution in [0.4, 0.5) is 0 Å². The smallest absolute Gasteiger partial charge is 0.247 e. The van der Waals surface area contributed by atoms with E-state index in [0.717, 1.165) is 68.9 Å². The van der Waals surface area contributed by atoms with Gasteiger partial charge >= 0.3 is 0 Å². The Hall–Kier alpha value is -3.22. The summed E-state index contributed by atoms with van der Waals surface area (Å²) in [4.78, 5) is 41.5. The minimum absolute atomic E-state index is 0.0601. The van der Waals surface area contributed by atoms with E-state index in [1.54, 1.807) is 12.4 Å². The number of hydrogen-bond donors (Lipinski definition) is 3. The number of amides is 3. The molecular weight excluding hydrogens is 512 g/mol. The maximum absolute atomic E-state index is 13.0. The fourth-order valence-electron chi connectivity index (χ4n) is 4.82. The van der Waals surface area contributed by atoms with Crippen LogP contribution in [-0.4, -0.2) is 29.3 Å². The van der Waals surface area contributed by atoms with Crippen LogP contribution in [0.5, 0.6) is 0 Å². The van der Waals surface area contributed by atoms with E-state index in [2.05, 4.69) is 27.9 Å².